The zero-order valence-corrected chi connectivity index (χ0v) is 14.9. The summed E-state index contributed by atoms with van der Waals surface area (Å²) in [6, 6.07) is 2.66. The van der Waals surface area contributed by atoms with Gasteiger partial charge in [0, 0.05) is 24.7 Å². The molecule has 0 saturated heterocycles. The normalized spacial score (nSPS) is 32.5. The molecule has 1 N–H and O–H groups in total. The van der Waals surface area contributed by atoms with E-state index in [1.807, 2.05) is 0 Å². The highest BCUT2D eigenvalue weighted by atomic mass is 15.2. The van der Waals surface area contributed by atoms with Crippen LogP contribution in [0.5, 0.6) is 0 Å². The zero-order valence-electron chi connectivity index (χ0n) is 14.9. The van der Waals surface area contributed by atoms with Gasteiger partial charge in [-0.25, -0.2) is 0 Å². The minimum atomic E-state index is 0.800. The van der Waals surface area contributed by atoms with E-state index in [0.29, 0.717) is 0 Å². The predicted octanol–water partition coefficient (Wildman–Crippen LogP) is 4.73. The molecule has 22 heavy (non-hydrogen) atoms. The molecule has 3 aliphatic carbocycles. The summed E-state index contributed by atoms with van der Waals surface area (Å²) >= 11 is 0. The van der Waals surface area contributed by atoms with Crippen LogP contribution in [-0.2, 0) is 0 Å². The second-order valence-corrected chi connectivity index (χ2v) is 8.29. The third-order valence-electron chi connectivity index (χ3n) is 6.81. The highest BCUT2D eigenvalue weighted by molar-refractivity contribution is 4.87. The van der Waals surface area contributed by atoms with Gasteiger partial charge in [0.25, 0.3) is 0 Å². The molecule has 0 aliphatic heterocycles. The maximum atomic E-state index is 3.49. The van der Waals surface area contributed by atoms with Crippen LogP contribution in [0.2, 0.25) is 0 Å². The molecule has 128 valence electrons. The van der Waals surface area contributed by atoms with Crippen LogP contribution in [0.25, 0.3) is 0 Å². The first-order valence-corrected chi connectivity index (χ1v) is 10.3. The van der Waals surface area contributed by atoms with Crippen LogP contribution in [-0.4, -0.2) is 36.6 Å². The van der Waals surface area contributed by atoms with Gasteiger partial charge in [-0.15, -0.1) is 0 Å². The van der Waals surface area contributed by atoms with Crippen molar-refractivity contribution in [1.82, 2.24) is 10.2 Å². The van der Waals surface area contributed by atoms with Crippen LogP contribution in [0.4, 0.5) is 0 Å². The number of nitrogens with zero attached hydrogens (tertiary/aromatic N) is 1. The standard InChI is InChI=1S/C20H38N2/c1-21-18-14-12-17(13-15-18)16-22(19-8-4-2-5-9-19)20-10-6-3-7-11-20/h17-21H,2-16H2,1H3. The van der Waals surface area contributed by atoms with E-state index in [0.717, 1.165) is 24.0 Å². The number of nitrogens with one attached hydrogen (secondary N) is 1. The molecule has 0 spiro atoms. The minimum Gasteiger partial charge on any atom is -0.317 e. The Balaban J connectivity index is 1.57. The van der Waals surface area contributed by atoms with E-state index in [1.165, 1.54) is 96.4 Å². The second-order valence-electron chi connectivity index (χ2n) is 8.29. The van der Waals surface area contributed by atoms with Crippen LogP contribution in [0.3, 0.4) is 0 Å². The highest BCUT2D eigenvalue weighted by Gasteiger charge is 2.31. The van der Waals surface area contributed by atoms with Crippen molar-refractivity contribution in [3.05, 3.63) is 0 Å². The van der Waals surface area contributed by atoms with E-state index in [-0.39, 0.29) is 0 Å². The molecule has 0 amide bonds. The van der Waals surface area contributed by atoms with Gasteiger partial charge in [-0.2, -0.15) is 0 Å². The molecule has 0 aromatic carbocycles. The summed E-state index contributed by atoms with van der Waals surface area (Å²) in [5.74, 6) is 0.980. The average molecular weight is 307 g/mol. The van der Waals surface area contributed by atoms with E-state index in [1.54, 1.807) is 0 Å². The van der Waals surface area contributed by atoms with Crippen LogP contribution in [0.15, 0.2) is 0 Å². The SMILES string of the molecule is CNC1CCC(CN(C2CCCCC2)C2CCCCC2)CC1. The molecule has 0 bridgehead atoms. The fourth-order valence-corrected chi connectivity index (χ4v) is 5.35. The molecular weight excluding hydrogens is 268 g/mol. The van der Waals surface area contributed by atoms with Gasteiger partial charge in [0.15, 0.2) is 0 Å². The molecule has 0 unspecified atom stereocenters. The monoisotopic (exact) mass is 306 g/mol. The Labute approximate surface area is 138 Å². The lowest BCUT2D eigenvalue weighted by atomic mass is 9.83. The Morgan fingerprint density at radius 3 is 1.64 bits per heavy atom. The summed E-state index contributed by atoms with van der Waals surface area (Å²) in [6.07, 6.45) is 20.6. The van der Waals surface area contributed by atoms with E-state index >= 15 is 0 Å². The smallest absolute Gasteiger partial charge is 0.00983 e. The van der Waals surface area contributed by atoms with E-state index in [2.05, 4.69) is 17.3 Å². The highest BCUT2D eigenvalue weighted by Crippen LogP contribution is 2.33. The average Bonchev–Trinajstić information content (AvgIpc) is 2.62. The zero-order chi connectivity index (χ0) is 15.2. The van der Waals surface area contributed by atoms with Crippen molar-refractivity contribution in [3.8, 4) is 0 Å². The topological polar surface area (TPSA) is 15.3 Å². The van der Waals surface area contributed by atoms with Gasteiger partial charge in [0.2, 0.25) is 0 Å². The summed E-state index contributed by atoms with van der Waals surface area (Å²) in [6.45, 7) is 1.42. The van der Waals surface area contributed by atoms with Gasteiger partial charge in [0.05, 0.1) is 0 Å². The van der Waals surface area contributed by atoms with E-state index in [4.69, 9.17) is 0 Å². The fourth-order valence-electron chi connectivity index (χ4n) is 5.35. The lowest BCUT2D eigenvalue weighted by molar-refractivity contribution is 0.0553. The molecule has 3 rings (SSSR count). The molecule has 0 aromatic heterocycles. The van der Waals surface area contributed by atoms with Crippen LogP contribution in [0, 0.1) is 5.92 Å². The third-order valence-corrected chi connectivity index (χ3v) is 6.81. The molecule has 3 aliphatic rings. The summed E-state index contributed by atoms with van der Waals surface area (Å²) in [5.41, 5.74) is 0. The summed E-state index contributed by atoms with van der Waals surface area (Å²) < 4.78 is 0. The molecule has 3 saturated carbocycles. The number of hydrogen-bond donors (Lipinski definition) is 1. The first kappa shape index (κ1) is 16.8. The van der Waals surface area contributed by atoms with Gasteiger partial charge in [-0.05, 0) is 64.3 Å². The second kappa shape index (κ2) is 8.68. The molecule has 0 radical (unpaired) electrons. The van der Waals surface area contributed by atoms with Crippen molar-refractivity contribution >= 4 is 0 Å². The number of rotatable bonds is 5. The maximum Gasteiger partial charge on any atom is 0.00983 e. The van der Waals surface area contributed by atoms with Gasteiger partial charge in [-0.3, -0.25) is 4.90 Å². The van der Waals surface area contributed by atoms with Crippen molar-refractivity contribution in [2.75, 3.05) is 13.6 Å². The Morgan fingerprint density at radius 2 is 1.18 bits per heavy atom. The Bertz CT molecular complexity index is 279. The molecule has 2 heteroatoms. The van der Waals surface area contributed by atoms with Crippen molar-refractivity contribution in [2.24, 2.45) is 5.92 Å². The van der Waals surface area contributed by atoms with Gasteiger partial charge < -0.3 is 5.32 Å². The Morgan fingerprint density at radius 1 is 0.682 bits per heavy atom. The largest absolute Gasteiger partial charge is 0.317 e. The predicted molar refractivity (Wildman–Crippen MR) is 95.3 cm³/mol. The Kier molecular flexibility index (Phi) is 6.62. The van der Waals surface area contributed by atoms with Crippen LogP contribution >= 0.6 is 0 Å². The molecule has 2 nitrogen and oxygen atoms in total. The third kappa shape index (κ3) is 4.47. The maximum absolute atomic E-state index is 3.49. The van der Waals surface area contributed by atoms with Crippen molar-refractivity contribution < 1.29 is 0 Å². The Hall–Kier alpha value is -0.0800. The van der Waals surface area contributed by atoms with Crippen molar-refractivity contribution in [2.45, 2.75) is 108 Å². The van der Waals surface area contributed by atoms with Crippen molar-refractivity contribution in [1.29, 1.82) is 0 Å². The minimum absolute atomic E-state index is 0.800. The summed E-state index contributed by atoms with van der Waals surface area (Å²) in [5, 5.41) is 3.49. The fraction of sp³-hybridized carbons (Fsp3) is 1.00. The first-order valence-electron chi connectivity index (χ1n) is 10.3. The molecule has 3 fully saturated rings. The lowest BCUT2D eigenvalue weighted by Crippen LogP contribution is -2.48. The first-order chi connectivity index (χ1) is 10.9. The molecular formula is C20H38N2. The van der Waals surface area contributed by atoms with E-state index < -0.39 is 0 Å². The lowest BCUT2D eigenvalue weighted by Gasteiger charge is -2.44. The van der Waals surface area contributed by atoms with Gasteiger partial charge in [-0.1, -0.05) is 38.5 Å². The molecule has 0 heterocycles. The molecule has 0 atom stereocenters. The van der Waals surface area contributed by atoms with E-state index in [9.17, 15) is 0 Å². The van der Waals surface area contributed by atoms with Crippen LogP contribution < -0.4 is 5.32 Å². The summed E-state index contributed by atoms with van der Waals surface area (Å²) in [7, 11) is 2.14. The molecule has 0 aromatic rings. The summed E-state index contributed by atoms with van der Waals surface area (Å²) in [4.78, 5) is 3.03. The quantitative estimate of drug-likeness (QED) is 0.790. The van der Waals surface area contributed by atoms with Crippen LogP contribution in [0.1, 0.15) is 89.9 Å². The van der Waals surface area contributed by atoms with Gasteiger partial charge in [0.1, 0.15) is 0 Å². The van der Waals surface area contributed by atoms with Crippen molar-refractivity contribution in [3.63, 3.8) is 0 Å². The van der Waals surface area contributed by atoms with Gasteiger partial charge >= 0.3 is 0 Å². The number of hydrogen-bond acceptors (Lipinski definition) is 2.